The van der Waals surface area contributed by atoms with Gasteiger partial charge in [-0.3, -0.25) is 29.8 Å². The molecule has 0 saturated carbocycles. The van der Waals surface area contributed by atoms with Crippen LogP contribution in [-0.4, -0.2) is 35.9 Å². The lowest BCUT2D eigenvalue weighted by atomic mass is 9.96. The summed E-state index contributed by atoms with van der Waals surface area (Å²) in [5.74, 6) is -2.83. The molecule has 0 saturated heterocycles. The standard InChI is InChI=1S/C23H20N4O8/c1-34-15-8-10-17(19(12-15)26(30)31)24-22(28)21(14-6-4-3-5-7-14)23(29)25-18-11-9-16(35-2)13-20(18)27(32)33/h3-13,21H,1-2H3,(H,24,28)(H,25,29). The quantitative estimate of drug-likeness (QED) is 0.265. The molecule has 0 aliphatic rings. The predicted molar refractivity (Wildman–Crippen MR) is 126 cm³/mol. The van der Waals surface area contributed by atoms with Gasteiger partial charge in [0, 0.05) is 0 Å². The lowest BCUT2D eigenvalue weighted by Crippen LogP contribution is -2.32. The van der Waals surface area contributed by atoms with Crippen molar-refractivity contribution in [3.8, 4) is 11.5 Å². The van der Waals surface area contributed by atoms with Crippen LogP contribution in [0.5, 0.6) is 11.5 Å². The number of benzene rings is 3. The van der Waals surface area contributed by atoms with Crippen molar-refractivity contribution in [2.45, 2.75) is 5.92 Å². The van der Waals surface area contributed by atoms with E-state index in [1.807, 2.05) is 0 Å². The van der Waals surface area contributed by atoms with E-state index < -0.39 is 39.0 Å². The zero-order valence-electron chi connectivity index (χ0n) is 18.6. The first-order chi connectivity index (χ1) is 16.7. The maximum absolute atomic E-state index is 13.2. The van der Waals surface area contributed by atoms with Crippen LogP contribution in [0.4, 0.5) is 22.7 Å². The molecule has 0 spiro atoms. The number of nitro groups is 2. The topological polar surface area (TPSA) is 163 Å². The van der Waals surface area contributed by atoms with Gasteiger partial charge in [0.25, 0.3) is 11.4 Å². The van der Waals surface area contributed by atoms with Gasteiger partial charge in [0.15, 0.2) is 0 Å². The van der Waals surface area contributed by atoms with E-state index in [0.29, 0.717) is 0 Å². The van der Waals surface area contributed by atoms with E-state index >= 15 is 0 Å². The van der Waals surface area contributed by atoms with Crippen molar-refractivity contribution >= 4 is 34.6 Å². The number of nitrogens with zero attached hydrogens (tertiary/aromatic N) is 2. The number of nitrogens with one attached hydrogen (secondary N) is 2. The number of rotatable bonds is 9. The summed E-state index contributed by atoms with van der Waals surface area (Å²) in [6.07, 6.45) is 0. The Morgan fingerprint density at radius 2 is 1.17 bits per heavy atom. The van der Waals surface area contributed by atoms with Crippen molar-refractivity contribution in [2.24, 2.45) is 0 Å². The van der Waals surface area contributed by atoms with Gasteiger partial charge in [0.1, 0.15) is 28.8 Å². The summed E-state index contributed by atoms with van der Waals surface area (Å²) < 4.78 is 9.98. The van der Waals surface area contributed by atoms with Gasteiger partial charge in [-0.15, -0.1) is 0 Å². The molecule has 180 valence electrons. The number of nitro benzene ring substituents is 2. The van der Waals surface area contributed by atoms with Crippen LogP contribution in [0.25, 0.3) is 0 Å². The maximum atomic E-state index is 13.2. The average Bonchev–Trinajstić information content (AvgIpc) is 2.85. The molecular weight excluding hydrogens is 460 g/mol. The Kier molecular flexibility index (Phi) is 7.56. The highest BCUT2D eigenvalue weighted by atomic mass is 16.6. The van der Waals surface area contributed by atoms with Gasteiger partial charge in [-0.05, 0) is 29.8 Å². The first-order valence-electron chi connectivity index (χ1n) is 10.1. The van der Waals surface area contributed by atoms with Crippen LogP contribution in [-0.2, 0) is 9.59 Å². The molecule has 0 fully saturated rings. The number of carbonyl (C=O) groups excluding carboxylic acids is 2. The highest BCUT2D eigenvalue weighted by Gasteiger charge is 2.32. The van der Waals surface area contributed by atoms with Gasteiger partial charge in [0.2, 0.25) is 11.8 Å². The van der Waals surface area contributed by atoms with Gasteiger partial charge < -0.3 is 20.1 Å². The molecule has 35 heavy (non-hydrogen) atoms. The number of amides is 2. The lowest BCUT2D eigenvalue weighted by molar-refractivity contribution is -0.384. The molecule has 0 aromatic heterocycles. The summed E-state index contributed by atoms with van der Waals surface area (Å²) in [7, 11) is 2.68. The fraction of sp³-hybridized carbons (Fsp3) is 0.130. The van der Waals surface area contributed by atoms with Crippen molar-refractivity contribution < 1.29 is 28.9 Å². The first kappa shape index (κ1) is 24.6. The first-order valence-corrected chi connectivity index (χ1v) is 10.1. The van der Waals surface area contributed by atoms with Crippen LogP contribution < -0.4 is 20.1 Å². The molecule has 0 aliphatic carbocycles. The van der Waals surface area contributed by atoms with Crippen LogP contribution in [0, 0.1) is 20.2 Å². The second kappa shape index (κ2) is 10.7. The number of hydrogen-bond acceptors (Lipinski definition) is 8. The molecule has 12 nitrogen and oxygen atoms in total. The molecule has 3 aromatic carbocycles. The van der Waals surface area contributed by atoms with Crippen LogP contribution in [0.1, 0.15) is 11.5 Å². The Morgan fingerprint density at radius 3 is 1.54 bits per heavy atom. The summed E-state index contributed by atoms with van der Waals surface area (Å²) in [5.41, 5.74) is -0.892. The van der Waals surface area contributed by atoms with E-state index in [-0.39, 0.29) is 28.4 Å². The molecule has 12 heteroatoms. The number of ether oxygens (including phenoxy) is 2. The van der Waals surface area contributed by atoms with E-state index in [4.69, 9.17) is 9.47 Å². The molecule has 0 heterocycles. The Morgan fingerprint density at radius 1 is 0.743 bits per heavy atom. The van der Waals surface area contributed by atoms with Gasteiger partial charge >= 0.3 is 0 Å². The van der Waals surface area contributed by atoms with E-state index in [9.17, 15) is 29.8 Å². The van der Waals surface area contributed by atoms with Crippen molar-refractivity contribution in [2.75, 3.05) is 24.9 Å². The van der Waals surface area contributed by atoms with Crippen molar-refractivity contribution in [1.82, 2.24) is 0 Å². The van der Waals surface area contributed by atoms with Crippen LogP contribution in [0.15, 0.2) is 66.7 Å². The van der Waals surface area contributed by atoms with Gasteiger partial charge in [-0.25, -0.2) is 0 Å². The van der Waals surface area contributed by atoms with Crippen LogP contribution in [0.3, 0.4) is 0 Å². The van der Waals surface area contributed by atoms with E-state index in [1.54, 1.807) is 18.2 Å². The van der Waals surface area contributed by atoms with Crippen LogP contribution >= 0.6 is 0 Å². The fourth-order valence-electron chi connectivity index (χ4n) is 3.27. The lowest BCUT2D eigenvalue weighted by Gasteiger charge is -2.17. The number of methoxy groups -OCH3 is 2. The Balaban J connectivity index is 1.97. The third-order valence-electron chi connectivity index (χ3n) is 4.98. The average molecular weight is 480 g/mol. The summed E-state index contributed by atoms with van der Waals surface area (Å²) in [4.78, 5) is 48.0. The zero-order valence-corrected chi connectivity index (χ0v) is 18.6. The third kappa shape index (κ3) is 5.68. The monoisotopic (exact) mass is 480 g/mol. The van der Waals surface area contributed by atoms with Crippen molar-refractivity contribution in [3.63, 3.8) is 0 Å². The minimum absolute atomic E-state index is 0.148. The molecule has 3 rings (SSSR count). The highest BCUT2D eigenvalue weighted by molar-refractivity contribution is 6.15. The summed E-state index contributed by atoms with van der Waals surface area (Å²) in [5, 5.41) is 27.8. The molecule has 0 radical (unpaired) electrons. The molecular formula is C23H20N4O8. The molecule has 2 N–H and O–H groups in total. The van der Waals surface area contributed by atoms with Gasteiger partial charge in [-0.1, -0.05) is 30.3 Å². The highest BCUT2D eigenvalue weighted by Crippen LogP contribution is 2.32. The predicted octanol–water partition coefficient (Wildman–Crippen LogP) is 3.88. The fourth-order valence-corrected chi connectivity index (χ4v) is 3.27. The molecule has 0 bridgehead atoms. The largest absolute Gasteiger partial charge is 0.496 e. The minimum atomic E-state index is -1.49. The van der Waals surface area contributed by atoms with Crippen molar-refractivity contribution in [3.05, 3.63) is 92.5 Å². The third-order valence-corrected chi connectivity index (χ3v) is 4.98. The Labute approximate surface area is 198 Å². The smallest absolute Gasteiger partial charge is 0.296 e. The van der Waals surface area contributed by atoms with Gasteiger partial charge in [-0.2, -0.15) is 0 Å². The van der Waals surface area contributed by atoms with Crippen molar-refractivity contribution in [1.29, 1.82) is 0 Å². The van der Waals surface area contributed by atoms with Gasteiger partial charge in [0.05, 0.1) is 36.2 Å². The minimum Gasteiger partial charge on any atom is -0.496 e. The Hall–Kier alpha value is -5.00. The molecule has 0 atom stereocenters. The number of carbonyl (C=O) groups is 2. The normalized spacial score (nSPS) is 10.4. The second-order valence-electron chi connectivity index (χ2n) is 7.10. The molecule has 3 aromatic rings. The zero-order chi connectivity index (χ0) is 25.5. The van der Waals surface area contributed by atoms with E-state index in [1.165, 1.54) is 50.6 Å². The van der Waals surface area contributed by atoms with Crippen LogP contribution in [0.2, 0.25) is 0 Å². The molecule has 0 aliphatic heterocycles. The molecule has 0 unspecified atom stereocenters. The SMILES string of the molecule is COc1ccc(NC(=O)C(C(=O)Nc2ccc(OC)cc2[N+](=O)[O-])c2ccccc2)c([N+](=O)[O-])c1. The number of hydrogen-bond donors (Lipinski definition) is 2. The van der Waals surface area contributed by atoms with E-state index in [2.05, 4.69) is 10.6 Å². The maximum Gasteiger partial charge on any atom is 0.296 e. The second-order valence-corrected chi connectivity index (χ2v) is 7.10. The Bertz CT molecular complexity index is 1200. The number of anilines is 2. The summed E-state index contributed by atoms with van der Waals surface area (Å²) in [6.45, 7) is 0. The summed E-state index contributed by atoms with van der Waals surface area (Å²) >= 11 is 0. The molecule has 2 amide bonds. The van der Waals surface area contributed by atoms with E-state index in [0.717, 1.165) is 12.1 Å². The summed E-state index contributed by atoms with van der Waals surface area (Å²) in [6, 6.07) is 15.6.